The van der Waals surface area contributed by atoms with Crippen molar-refractivity contribution in [3.63, 3.8) is 0 Å². The summed E-state index contributed by atoms with van der Waals surface area (Å²) in [6.07, 6.45) is 0.970. The van der Waals surface area contributed by atoms with Gasteiger partial charge in [0.2, 0.25) is 0 Å². The van der Waals surface area contributed by atoms with Gasteiger partial charge in [0.05, 0.1) is 0 Å². The Morgan fingerprint density at radius 1 is 1.20 bits per heavy atom. The second-order valence-corrected chi connectivity index (χ2v) is 4.85. The van der Waals surface area contributed by atoms with Crippen LogP contribution in [0, 0.1) is 5.82 Å². The lowest BCUT2D eigenvalue weighted by atomic mass is 10.1. The highest BCUT2D eigenvalue weighted by Gasteiger charge is 2.30. The summed E-state index contributed by atoms with van der Waals surface area (Å²) >= 11 is 0. The molecule has 2 aromatic carbocycles. The lowest BCUT2D eigenvalue weighted by Gasteiger charge is -2.13. The van der Waals surface area contributed by atoms with E-state index < -0.39 is 6.04 Å². The van der Waals surface area contributed by atoms with Gasteiger partial charge in [-0.1, -0.05) is 19.1 Å². The van der Waals surface area contributed by atoms with Gasteiger partial charge in [0.15, 0.2) is 0 Å². The van der Waals surface area contributed by atoms with Crippen molar-refractivity contribution in [2.45, 2.75) is 19.4 Å². The molecule has 0 fully saturated rings. The van der Waals surface area contributed by atoms with Crippen LogP contribution in [0.3, 0.4) is 0 Å². The van der Waals surface area contributed by atoms with E-state index in [2.05, 4.69) is 17.6 Å². The highest BCUT2D eigenvalue weighted by atomic mass is 19.1. The first-order valence-electron chi connectivity index (χ1n) is 6.63. The summed E-state index contributed by atoms with van der Waals surface area (Å²) in [5.74, 6) is -0.501. The first kappa shape index (κ1) is 12.7. The summed E-state index contributed by atoms with van der Waals surface area (Å²) in [7, 11) is 0. The van der Waals surface area contributed by atoms with Gasteiger partial charge in [0.25, 0.3) is 5.91 Å². The van der Waals surface area contributed by atoms with E-state index in [1.54, 1.807) is 6.07 Å². The van der Waals surface area contributed by atoms with E-state index in [9.17, 15) is 9.18 Å². The quantitative estimate of drug-likeness (QED) is 0.896. The van der Waals surface area contributed by atoms with Gasteiger partial charge in [-0.05, 0) is 42.3 Å². The average molecular weight is 270 g/mol. The number of hydrogen-bond acceptors (Lipinski definition) is 2. The number of amides is 1. The van der Waals surface area contributed by atoms with Crippen molar-refractivity contribution in [3.8, 4) is 0 Å². The number of halogens is 1. The lowest BCUT2D eigenvalue weighted by molar-refractivity contribution is -0.116. The van der Waals surface area contributed by atoms with Gasteiger partial charge >= 0.3 is 0 Å². The van der Waals surface area contributed by atoms with Gasteiger partial charge < -0.3 is 10.6 Å². The minimum Gasteiger partial charge on any atom is -0.370 e. The molecule has 0 aromatic heterocycles. The minimum atomic E-state index is -0.548. The van der Waals surface area contributed by atoms with Crippen LogP contribution >= 0.6 is 0 Å². The SMILES string of the molecule is CCc1ccc(NC2C(=O)Nc3ccc(F)cc32)cc1. The largest absolute Gasteiger partial charge is 0.370 e. The van der Waals surface area contributed by atoms with Crippen molar-refractivity contribution in [3.05, 3.63) is 59.4 Å². The molecule has 3 rings (SSSR count). The molecular formula is C16H15FN2O. The third kappa shape index (κ3) is 2.25. The Bertz CT molecular complexity index is 652. The van der Waals surface area contributed by atoms with Crippen LogP contribution in [-0.2, 0) is 11.2 Å². The molecule has 20 heavy (non-hydrogen) atoms. The highest BCUT2D eigenvalue weighted by molar-refractivity contribution is 6.04. The van der Waals surface area contributed by atoms with Crippen LogP contribution < -0.4 is 10.6 Å². The summed E-state index contributed by atoms with van der Waals surface area (Å²) in [6.45, 7) is 2.09. The summed E-state index contributed by atoms with van der Waals surface area (Å²) in [5, 5.41) is 5.90. The molecular weight excluding hydrogens is 255 g/mol. The first-order chi connectivity index (χ1) is 9.67. The van der Waals surface area contributed by atoms with Gasteiger partial charge in [-0.2, -0.15) is 0 Å². The van der Waals surface area contributed by atoms with E-state index >= 15 is 0 Å². The fraction of sp³-hybridized carbons (Fsp3) is 0.188. The highest BCUT2D eigenvalue weighted by Crippen LogP contribution is 2.33. The van der Waals surface area contributed by atoms with E-state index in [0.29, 0.717) is 11.3 Å². The molecule has 1 atom stereocenters. The van der Waals surface area contributed by atoms with Crippen molar-refractivity contribution in [2.75, 3.05) is 10.6 Å². The molecule has 1 heterocycles. The number of benzene rings is 2. The number of carbonyl (C=O) groups excluding carboxylic acids is 1. The molecule has 1 aliphatic heterocycles. The normalized spacial score (nSPS) is 16.7. The van der Waals surface area contributed by atoms with E-state index in [1.165, 1.54) is 17.7 Å². The van der Waals surface area contributed by atoms with Crippen LogP contribution in [0.5, 0.6) is 0 Å². The molecule has 3 nitrogen and oxygen atoms in total. The number of carbonyl (C=O) groups is 1. The van der Waals surface area contributed by atoms with Crippen molar-refractivity contribution in [2.24, 2.45) is 0 Å². The Labute approximate surface area is 116 Å². The maximum atomic E-state index is 13.3. The monoisotopic (exact) mass is 270 g/mol. The van der Waals surface area contributed by atoms with E-state index in [0.717, 1.165) is 12.1 Å². The number of rotatable bonds is 3. The van der Waals surface area contributed by atoms with Crippen molar-refractivity contribution in [1.29, 1.82) is 0 Å². The van der Waals surface area contributed by atoms with Crippen LogP contribution in [0.1, 0.15) is 24.1 Å². The maximum absolute atomic E-state index is 13.3. The van der Waals surface area contributed by atoms with Crippen molar-refractivity contribution >= 4 is 17.3 Å². The molecule has 0 spiro atoms. The summed E-state index contributed by atoms with van der Waals surface area (Å²) in [5.41, 5.74) is 3.39. The molecule has 102 valence electrons. The fourth-order valence-corrected chi connectivity index (χ4v) is 2.38. The van der Waals surface area contributed by atoms with Crippen LogP contribution in [0.25, 0.3) is 0 Å². The second kappa shape index (κ2) is 4.96. The van der Waals surface area contributed by atoms with Crippen LogP contribution in [0.15, 0.2) is 42.5 Å². The van der Waals surface area contributed by atoms with E-state index in [1.807, 2.05) is 24.3 Å². The molecule has 0 aliphatic carbocycles. The molecule has 0 saturated heterocycles. The van der Waals surface area contributed by atoms with Crippen molar-refractivity contribution < 1.29 is 9.18 Å². The third-order valence-corrected chi connectivity index (χ3v) is 3.52. The standard InChI is InChI=1S/C16H15FN2O/c1-2-10-3-6-12(7-4-10)18-15-13-9-11(17)5-8-14(13)19-16(15)20/h3-9,15,18H,2H2,1H3,(H,19,20). The Morgan fingerprint density at radius 2 is 1.95 bits per heavy atom. The minimum absolute atomic E-state index is 0.162. The summed E-state index contributed by atoms with van der Waals surface area (Å²) in [6, 6.07) is 11.7. The topological polar surface area (TPSA) is 41.1 Å². The van der Waals surface area contributed by atoms with Crippen LogP contribution in [-0.4, -0.2) is 5.91 Å². The molecule has 0 bridgehead atoms. The molecule has 4 heteroatoms. The zero-order chi connectivity index (χ0) is 14.1. The van der Waals surface area contributed by atoms with E-state index in [4.69, 9.17) is 0 Å². The Kier molecular flexibility index (Phi) is 3.14. The Balaban J connectivity index is 1.87. The number of aryl methyl sites for hydroxylation is 1. The zero-order valence-electron chi connectivity index (χ0n) is 11.1. The molecule has 1 amide bonds. The maximum Gasteiger partial charge on any atom is 0.251 e. The summed E-state index contributed by atoms with van der Waals surface area (Å²) < 4.78 is 13.3. The van der Waals surface area contributed by atoms with Gasteiger partial charge in [0, 0.05) is 16.9 Å². The van der Waals surface area contributed by atoms with Gasteiger partial charge in [-0.3, -0.25) is 4.79 Å². The third-order valence-electron chi connectivity index (χ3n) is 3.52. The van der Waals surface area contributed by atoms with E-state index in [-0.39, 0.29) is 11.7 Å². The van der Waals surface area contributed by atoms with Crippen LogP contribution in [0.4, 0.5) is 15.8 Å². The number of anilines is 2. The lowest BCUT2D eigenvalue weighted by Crippen LogP contribution is -2.19. The van der Waals surface area contributed by atoms with Crippen molar-refractivity contribution in [1.82, 2.24) is 0 Å². The number of fused-ring (bicyclic) bond motifs is 1. The molecule has 1 aliphatic rings. The predicted molar refractivity (Wildman–Crippen MR) is 77.2 cm³/mol. The first-order valence-corrected chi connectivity index (χ1v) is 6.63. The van der Waals surface area contributed by atoms with Gasteiger partial charge in [-0.15, -0.1) is 0 Å². The molecule has 0 radical (unpaired) electrons. The molecule has 2 N–H and O–H groups in total. The molecule has 2 aromatic rings. The smallest absolute Gasteiger partial charge is 0.251 e. The average Bonchev–Trinajstić information content (AvgIpc) is 2.76. The zero-order valence-corrected chi connectivity index (χ0v) is 11.1. The number of nitrogens with one attached hydrogen (secondary N) is 2. The predicted octanol–water partition coefficient (Wildman–Crippen LogP) is 3.49. The summed E-state index contributed by atoms with van der Waals surface area (Å²) in [4.78, 5) is 12.0. The Morgan fingerprint density at radius 3 is 2.65 bits per heavy atom. The van der Waals surface area contributed by atoms with Crippen LogP contribution in [0.2, 0.25) is 0 Å². The van der Waals surface area contributed by atoms with Gasteiger partial charge in [-0.25, -0.2) is 4.39 Å². The Hall–Kier alpha value is -2.36. The fourth-order valence-electron chi connectivity index (χ4n) is 2.38. The van der Waals surface area contributed by atoms with Gasteiger partial charge in [0.1, 0.15) is 11.9 Å². The second-order valence-electron chi connectivity index (χ2n) is 4.85. The molecule has 1 unspecified atom stereocenters. The molecule has 0 saturated carbocycles. The number of hydrogen-bond donors (Lipinski definition) is 2.